The number of aromatic carboxylic acids is 1. The van der Waals surface area contributed by atoms with Gasteiger partial charge in [-0.3, -0.25) is 4.79 Å². The summed E-state index contributed by atoms with van der Waals surface area (Å²) < 4.78 is 5.57. The van der Waals surface area contributed by atoms with Crippen molar-refractivity contribution in [3.05, 3.63) is 59.7 Å². The summed E-state index contributed by atoms with van der Waals surface area (Å²) in [5, 5.41) is 11.8. The minimum atomic E-state index is -1.13. The minimum absolute atomic E-state index is 0.0260. The number of hydrogen-bond donors (Lipinski definition) is 2. The number of benzene rings is 2. The molecule has 0 saturated carbocycles. The van der Waals surface area contributed by atoms with Crippen molar-refractivity contribution in [2.45, 2.75) is 13.8 Å². The minimum Gasteiger partial charge on any atom is -0.493 e. The van der Waals surface area contributed by atoms with Gasteiger partial charge in [0.05, 0.1) is 17.7 Å². The van der Waals surface area contributed by atoms with Gasteiger partial charge in [-0.2, -0.15) is 0 Å². The Morgan fingerprint density at radius 2 is 1.65 bits per heavy atom. The van der Waals surface area contributed by atoms with Gasteiger partial charge in [0.2, 0.25) is 0 Å². The van der Waals surface area contributed by atoms with E-state index in [1.54, 1.807) is 36.4 Å². The molecule has 0 unspecified atom stereocenters. The Balaban J connectivity index is 2.07. The number of carboxylic acids is 1. The summed E-state index contributed by atoms with van der Waals surface area (Å²) in [7, 11) is 0. The number of carbonyl (C=O) groups is 2. The topological polar surface area (TPSA) is 75.6 Å². The molecule has 2 N–H and O–H groups in total. The Bertz CT molecular complexity index is 692. The zero-order valence-corrected chi connectivity index (χ0v) is 13.1. The molecule has 5 nitrogen and oxygen atoms in total. The molecule has 5 heteroatoms. The van der Waals surface area contributed by atoms with E-state index in [0.717, 1.165) is 5.75 Å². The molecule has 0 aromatic heterocycles. The third kappa shape index (κ3) is 4.57. The first-order chi connectivity index (χ1) is 11.0. The first-order valence-corrected chi connectivity index (χ1v) is 7.34. The molecule has 23 heavy (non-hydrogen) atoms. The number of hydrogen-bond acceptors (Lipinski definition) is 3. The molecular formula is C18H19NO4. The second kappa shape index (κ2) is 7.45. The predicted octanol–water partition coefficient (Wildman–Crippen LogP) is 3.67. The lowest BCUT2D eigenvalue weighted by Crippen LogP contribution is -2.16. The summed E-state index contributed by atoms with van der Waals surface area (Å²) in [6.45, 7) is 4.75. The van der Waals surface area contributed by atoms with Crippen molar-refractivity contribution >= 4 is 17.6 Å². The Labute approximate surface area is 134 Å². The van der Waals surface area contributed by atoms with Gasteiger partial charge < -0.3 is 15.2 Å². The number of anilines is 1. The zero-order chi connectivity index (χ0) is 16.8. The molecule has 0 aliphatic carbocycles. The second-order valence-electron chi connectivity index (χ2n) is 5.53. The summed E-state index contributed by atoms with van der Waals surface area (Å²) in [6, 6.07) is 13.1. The second-order valence-corrected chi connectivity index (χ2v) is 5.53. The molecule has 0 aliphatic heterocycles. The largest absolute Gasteiger partial charge is 0.493 e. The van der Waals surface area contributed by atoms with Gasteiger partial charge in [0, 0.05) is 5.69 Å². The average molecular weight is 313 g/mol. The molecule has 0 fully saturated rings. The summed E-state index contributed by atoms with van der Waals surface area (Å²) in [5.41, 5.74) is 0.675. The van der Waals surface area contributed by atoms with Crippen molar-refractivity contribution in [3.63, 3.8) is 0 Å². The monoisotopic (exact) mass is 313 g/mol. The van der Waals surface area contributed by atoms with Crippen molar-refractivity contribution in [2.24, 2.45) is 5.92 Å². The van der Waals surface area contributed by atoms with E-state index in [1.807, 2.05) is 0 Å². The van der Waals surface area contributed by atoms with Crippen LogP contribution in [0.1, 0.15) is 34.6 Å². The van der Waals surface area contributed by atoms with Crippen LogP contribution in [0.15, 0.2) is 48.5 Å². The fraction of sp³-hybridized carbons (Fsp3) is 0.222. The van der Waals surface area contributed by atoms with Crippen LogP contribution < -0.4 is 10.1 Å². The predicted molar refractivity (Wildman–Crippen MR) is 88.1 cm³/mol. The van der Waals surface area contributed by atoms with Crippen molar-refractivity contribution in [3.8, 4) is 5.75 Å². The molecule has 0 heterocycles. The molecule has 0 aliphatic rings. The van der Waals surface area contributed by atoms with Gasteiger partial charge in [0.1, 0.15) is 5.75 Å². The van der Waals surface area contributed by atoms with E-state index in [4.69, 9.17) is 9.84 Å². The van der Waals surface area contributed by atoms with E-state index >= 15 is 0 Å². The lowest BCUT2D eigenvalue weighted by atomic mass is 10.1. The number of rotatable bonds is 6. The van der Waals surface area contributed by atoms with Gasteiger partial charge in [-0.15, -0.1) is 0 Å². The third-order valence-corrected chi connectivity index (χ3v) is 3.10. The van der Waals surface area contributed by atoms with Crippen LogP contribution in [0.25, 0.3) is 0 Å². The van der Waals surface area contributed by atoms with Crippen LogP contribution in [0, 0.1) is 5.92 Å². The lowest BCUT2D eigenvalue weighted by molar-refractivity contribution is 0.0692. The SMILES string of the molecule is CC(C)COc1ccc(NC(=O)c2ccccc2C(=O)O)cc1. The first-order valence-electron chi connectivity index (χ1n) is 7.34. The van der Waals surface area contributed by atoms with Gasteiger partial charge in [-0.05, 0) is 42.3 Å². The number of ether oxygens (including phenoxy) is 1. The molecule has 2 aromatic rings. The highest BCUT2D eigenvalue weighted by Gasteiger charge is 2.15. The van der Waals surface area contributed by atoms with E-state index in [1.165, 1.54) is 12.1 Å². The van der Waals surface area contributed by atoms with Crippen LogP contribution in [0.2, 0.25) is 0 Å². The van der Waals surface area contributed by atoms with Gasteiger partial charge >= 0.3 is 5.97 Å². The van der Waals surface area contributed by atoms with Gasteiger partial charge in [0.15, 0.2) is 0 Å². The lowest BCUT2D eigenvalue weighted by Gasteiger charge is -2.10. The van der Waals surface area contributed by atoms with Crippen LogP contribution in [0.4, 0.5) is 5.69 Å². The summed E-state index contributed by atoms with van der Waals surface area (Å²) in [6.07, 6.45) is 0. The fourth-order valence-electron chi connectivity index (χ4n) is 1.96. The normalized spacial score (nSPS) is 10.4. The highest BCUT2D eigenvalue weighted by atomic mass is 16.5. The maximum Gasteiger partial charge on any atom is 0.336 e. The smallest absolute Gasteiger partial charge is 0.336 e. The van der Waals surface area contributed by atoms with Gasteiger partial charge in [-0.25, -0.2) is 4.79 Å². The summed E-state index contributed by atoms with van der Waals surface area (Å²) in [5.74, 6) is -0.434. The quantitative estimate of drug-likeness (QED) is 0.853. The Morgan fingerprint density at radius 1 is 1.04 bits per heavy atom. The number of amides is 1. The molecule has 0 atom stereocenters. The van der Waals surface area contributed by atoms with E-state index in [9.17, 15) is 9.59 Å². The summed E-state index contributed by atoms with van der Waals surface area (Å²) in [4.78, 5) is 23.4. The number of nitrogens with one attached hydrogen (secondary N) is 1. The molecule has 0 saturated heterocycles. The summed E-state index contributed by atoms with van der Waals surface area (Å²) >= 11 is 0. The van der Waals surface area contributed by atoms with Crippen molar-refractivity contribution in [1.82, 2.24) is 0 Å². The molecule has 0 spiro atoms. The number of carbonyl (C=O) groups excluding carboxylic acids is 1. The Kier molecular flexibility index (Phi) is 5.36. The molecule has 2 rings (SSSR count). The van der Waals surface area contributed by atoms with Crippen LogP contribution >= 0.6 is 0 Å². The maximum atomic E-state index is 12.2. The molecule has 0 bridgehead atoms. The van der Waals surface area contributed by atoms with Crippen molar-refractivity contribution in [2.75, 3.05) is 11.9 Å². The van der Waals surface area contributed by atoms with Crippen LogP contribution in [0.5, 0.6) is 5.75 Å². The van der Waals surface area contributed by atoms with Crippen molar-refractivity contribution in [1.29, 1.82) is 0 Å². The van der Waals surface area contributed by atoms with Crippen LogP contribution in [-0.2, 0) is 0 Å². The molecule has 1 amide bonds. The van der Waals surface area contributed by atoms with E-state index in [2.05, 4.69) is 19.2 Å². The molecule has 0 radical (unpaired) electrons. The highest BCUT2D eigenvalue weighted by molar-refractivity contribution is 6.10. The number of carboxylic acid groups (broad SMARTS) is 1. The zero-order valence-electron chi connectivity index (χ0n) is 13.1. The Hall–Kier alpha value is -2.82. The van der Waals surface area contributed by atoms with Gasteiger partial charge in [0.25, 0.3) is 5.91 Å². The highest BCUT2D eigenvalue weighted by Crippen LogP contribution is 2.18. The van der Waals surface area contributed by atoms with Gasteiger partial charge in [-0.1, -0.05) is 26.0 Å². The fourth-order valence-corrected chi connectivity index (χ4v) is 1.96. The molecule has 120 valence electrons. The van der Waals surface area contributed by atoms with Crippen LogP contribution in [-0.4, -0.2) is 23.6 Å². The first kappa shape index (κ1) is 16.5. The molecular weight excluding hydrogens is 294 g/mol. The standard InChI is InChI=1S/C18H19NO4/c1-12(2)11-23-14-9-7-13(8-10-14)19-17(20)15-5-3-4-6-16(15)18(21)22/h3-10,12H,11H2,1-2H3,(H,19,20)(H,21,22). The third-order valence-electron chi connectivity index (χ3n) is 3.10. The molecule has 2 aromatic carbocycles. The van der Waals surface area contributed by atoms with E-state index in [-0.39, 0.29) is 11.1 Å². The van der Waals surface area contributed by atoms with Crippen molar-refractivity contribution < 1.29 is 19.4 Å². The van der Waals surface area contributed by atoms with E-state index in [0.29, 0.717) is 18.2 Å². The average Bonchev–Trinajstić information content (AvgIpc) is 2.54. The van der Waals surface area contributed by atoms with Crippen LogP contribution in [0.3, 0.4) is 0 Å². The maximum absolute atomic E-state index is 12.2. The van der Waals surface area contributed by atoms with E-state index < -0.39 is 11.9 Å². The Morgan fingerprint density at radius 3 is 2.22 bits per heavy atom.